The largest absolute Gasteiger partial charge is 0.381 e. The summed E-state index contributed by atoms with van der Waals surface area (Å²) in [6.45, 7) is 11.3. The zero-order valence-corrected chi connectivity index (χ0v) is 18.7. The number of rotatable bonds is 9. The Labute approximate surface area is 181 Å². The second kappa shape index (κ2) is 12.7. The third-order valence-corrected chi connectivity index (χ3v) is 5.81. The molecule has 7 heteroatoms. The van der Waals surface area contributed by atoms with E-state index in [1.54, 1.807) is 0 Å². The maximum absolute atomic E-state index is 5.85. The van der Waals surface area contributed by atoms with Crippen molar-refractivity contribution in [3.8, 4) is 0 Å². The van der Waals surface area contributed by atoms with Crippen molar-refractivity contribution < 1.29 is 9.47 Å². The van der Waals surface area contributed by atoms with Crippen LogP contribution in [0.1, 0.15) is 44.6 Å². The highest BCUT2D eigenvalue weighted by molar-refractivity contribution is 5.80. The predicted octanol–water partition coefficient (Wildman–Crippen LogP) is 2.75. The third-order valence-electron chi connectivity index (χ3n) is 5.81. The Kier molecular flexibility index (Phi) is 9.70. The van der Waals surface area contributed by atoms with Crippen molar-refractivity contribution in [1.29, 1.82) is 0 Å². The summed E-state index contributed by atoms with van der Waals surface area (Å²) in [6, 6.07) is 4.71. The van der Waals surface area contributed by atoms with Crippen LogP contribution in [0.4, 0.5) is 5.82 Å². The van der Waals surface area contributed by atoms with Crippen LogP contribution in [0.5, 0.6) is 0 Å². The van der Waals surface area contributed by atoms with Gasteiger partial charge in [-0.1, -0.05) is 6.07 Å². The van der Waals surface area contributed by atoms with E-state index in [2.05, 4.69) is 46.5 Å². The van der Waals surface area contributed by atoms with Gasteiger partial charge < -0.3 is 25.0 Å². The molecule has 3 heterocycles. The van der Waals surface area contributed by atoms with E-state index in [1.807, 2.05) is 6.20 Å². The van der Waals surface area contributed by atoms with E-state index in [9.17, 15) is 0 Å². The standard InChI is InChI=1S/C23H39N5O2/c1-3-24-23(25-11-4-14-30-18-20-9-15-29-16-10-20)27-21-7-12-28(13-8-21)22-6-5-19(2)17-26-22/h5-6,17,20-21H,3-4,7-16,18H2,1-2H3,(H2,24,25,27). The van der Waals surface area contributed by atoms with Gasteiger partial charge in [0.1, 0.15) is 5.82 Å². The first-order valence-electron chi connectivity index (χ1n) is 11.6. The molecule has 0 unspecified atom stereocenters. The van der Waals surface area contributed by atoms with Crippen LogP contribution >= 0.6 is 0 Å². The summed E-state index contributed by atoms with van der Waals surface area (Å²) in [7, 11) is 0. The second-order valence-electron chi connectivity index (χ2n) is 8.34. The SMILES string of the molecule is CCNC(=NCCCOCC1CCOCC1)NC1CCN(c2ccc(C)cn2)CC1. The van der Waals surface area contributed by atoms with Gasteiger partial charge in [-0.3, -0.25) is 4.99 Å². The van der Waals surface area contributed by atoms with Crippen LogP contribution in [0.2, 0.25) is 0 Å². The Morgan fingerprint density at radius 3 is 2.73 bits per heavy atom. The number of hydrogen-bond acceptors (Lipinski definition) is 5. The molecule has 3 rings (SSSR count). The average molecular weight is 418 g/mol. The van der Waals surface area contributed by atoms with E-state index in [4.69, 9.17) is 14.5 Å². The summed E-state index contributed by atoms with van der Waals surface area (Å²) in [5.41, 5.74) is 1.20. The van der Waals surface area contributed by atoms with Crippen LogP contribution < -0.4 is 15.5 Å². The van der Waals surface area contributed by atoms with E-state index in [-0.39, 0.29) is 0 Å². The Morgan fingerprint density at radius 1 is 1.23 bits per heavy atom. The molecule has 0 aromatic carbocycles. The lowest BCUT2D eigenvalue weighted by Gasteiger charge is -2.33. The Morgan fingerprint density at radius 2 is 2.03 bits per heavy atom. The highest BCUT2D eigenvalue weighted by Gasteiger charge is 2.20. The number of aliphatic imine (C=N–C) groups is 1. The quantitative estimate of drug-likeness (QED) is 0.366. The Hall–Kier alpha value is -1.86. The van der Waals surface area contributed by atoms with Gasteiger partial charge in [0.05, 0.1) is 0 Å². The lowest BCUT2D eigenvalue weighted by atomic mass is 10.0. The molecule has 0 aliphatic carbocycles. The van der Waals surface area contributed by atoms with Gasteiger partial charge in [0, 0.05) is 64.8 Å². The molecule has 1 aromatic rings. The summed E-state index contributed by atoms with van der Waals surface area (Å²) < 4.78 is 11.2. The van der Waals surface area contributed by atoms with Gasteiger partial charge in [-0.2, -0.15) is 0 Å². The minimum absolute atomic E-state index is 0.453. The number of nitrogens with zero attached hydrogens (tertiary/aromatic N) is 3. The van der Waals surface area contributed by atoms with Gasteiger partial charge in [0.15, 0.2) is 5.96 Å². The number of hydrogen-bond donors (Lipinski definition) is 2. The molecule has 0 saturated carbocycles. The number of aryl methyl sites for hydroxylation is 1. The highest BCUT2D eigenvalue weighted by atomic mass is 16.5. The molecular weight excluding hydrogens is 378 g/mol. The van der Waals surface area contributed by atoms with Crippen molar-refractivity contribution in [2.45, 2.75) is 52.0 Å². The molecule has 0 atom stereocenters. The zero-order valence-electron chi connectivity index (χ0n) is 18.7. The first-order chi connectivity index (χ1) is 14.7. The normalized spacial score (nSPS) is 19.1. The van der Waals surface area contributed by atoms with Gasteiger partial charge in [-0.05, 0) is 63.5 Å². The van der Waals surface area contributed by atoms with Crippen molar-refractivity contribution in [2.24, 2.45) is 10.9 Å². The highest BCUT2D eigenvalue weighted by Crippen LogP contribution is 2.18. The third kappa shape index (κ3) is 7.76. The van der Waals surface area contributed by atoms with Crippen molar-refractivity contribution in [1.82, 2.24) is 15.6 Å². The second-order valence-corrected chi connectivity index (χ2v) is 8.34. The lowest BCUT2D eigenvalue weighted by molar-refractivity contribution is 0.0205. The summed E-state index contributed by atoms with van der Waals surface area (Å²) in [5, 5.41) is 7.00. The maximum atomic E-state index is 5.85. The average Bonchev–Trinajstić information content (AvgIpc) is 2.78. The van der Waals surface area contributed by atoms with Crippen LogP contribution in [-0.4, -0.2) is 69.6 Å². The number of piperidine rings is 1. The Bertz CT molecular complexity index is 623. The van der Waals surface area contributed by atoms with E-state index in [0.717, 1.165) is 96.5 Å². The summed E-state index contributed by atoms with van der Waals surface area (Å²) in [4.78, 5) is 11.7. The van der Waals surface area contributed by atoms with E-state index in [0.29, 0.717) is 12.0 Å². The summed E-state index contributed by atoms with van der Waals surface area (Å²) >= 11 is 0. The minimum Gasteiger partial charge on any atom is -0.381 e. The molecule has 0 amide bonds. The molecule has 7 nitrogen and oxygen atoms in total. The molecule has 2 aliphatic rings. The van der Waals surface area contributed by atoms with E-state index in [1.165, 1.54) is 5.56 Å². The number of nitrogens with one attached hydrogen (secondary N) is 2. The molecule has 1 aromatic heterocycles. The molecule has 2 N–H and O–H groups in total. The van der Waals surface area contributed by atoms with Crippen molar-refractivity contribution in [3.05, 3.63) is 23.9 Å². The van der Waals surface area contributed by atoms with Crippen molar-refractivity contribution in [2.75, 3.05) is 57.5 Å². The first kappa shape index (κ1) is 22.8. The number of aromatic nitrogens is 1. The van der Waals surface area contributed by atoms with Crippen molar-refractivity contribution >= 4 is 11.8 Å². The lowest BCUT2D eigenvalue weighted by Crippen LogP contribution is -2.49. The molecule has 2 saturated heterocycles. The molecule has 2 aliphatic heterocycles. The molecule has 30 heavy (non-hydrogen) atoms. The molecule has 0 radical (unpaired) electrons. The molecule has 168 valence electrons. The van der Waals surface area contributed by atoms with Crippen molar-refractivity contribution in [3.63, 3.8) is 0 Å². The van der Waals surface area contributed by atoms with Gasteiger partial charge in [0.25, 0.3) is 0 Å². The first-order valence-corrected chi connectivity index (χ1v) is 11.6. The maximum Gasteiger partial charge on any atom is 0.191 e. The number of pyridine rings is 1. The summed E-state index contributed by atoms with van der Waals surface area (Å²) in [6.07, 6.45) is 7.35. The molecule has 2 fully saturated rings. The van der Waals surface area contributed by atoms with Gasteiger partial charge in [-0.15, -0.1) is 0 Å². The van der Waals surface area contributed by atoms with Crippen LogP contribution in [-0.2, 0) is 9.47 Å². The van der Waals surface area contributed by atoms with E-state index >= 15 is 0 Å². The van der Waals surface area contributed by atoms with Gasteiger partial charge in [-0.25, -0.2) is 4.98 Å². The fourth-order valence-corrected chi connectivity index (χ4v) is 3.93. The molecular formula is C23H39N5O2. The monoisotopic (exact) mass is 417 g/mol. The number of guanidine groups is 1. The Balaban J connectivity index is 1.33. The fraction of sp³-hybridized carbons (Fsp3) is 0.739. The number of ether oxygens (including phenoxy) is 2. The van der Waals surface area contributed by atoms with Crippen LogP contribution in [0.3, 0.4) is 0 Å². The smallest absolute Gasteiger partial charge is 0.191 e. The molecule has 0 bridgehead atoms. The van der Waals surface area contributed by atoms with E-state index < -0.39 is 0 Å². The molecule has 0 spiro atoms. The summed E-state index contributed by atoms with van der Waals surface area (Å²) in [5.74, 6) is 2.68. The fourth-order valence-electron chi connectivity index (χ4n) is 3.93. The van der Waals surface area contributed by atoms with Crippen LogP contribution in [0.15, 0.2) is 23.3 Å². The van der Waals surface area contributed by atoms with Gasteiger partial charge in [0.2, 0.25) is 0 Å². The zero-order chi connectivity index (χ0) is 21.0. The van der Waals surface area contributed by atoms with Gasteiger partial charge >= 0.3 is 0 Å². The predicted molar refractivity (Wildman–Crippen MR) is 122 cm³/mol. The van der Waals surface area contributed by atoms with Crippen LogP contribution in [0.25, 0.3) is 0 Å². The topological polar surface area (TPSA) is 71.0 Å². The van der Waals surface area contributed by atoms with Crippen LogP contribution in [0, 0.1) is 12.8 Å². The minimum atomic E-state index is 0.453. The number of anilines is 1.